The zero-order chi connectivity index (χ0) is 36.1. The minimum atomic E-state index is -1.06. The molecule has 3 aliphatic heterocycles. The summed E-state index contributed by atoms with van der Waals surface area (Å²) in [7, 11) is 0. The summed E-state index contributed by atoms with van der Waals surface area (Å²) in [6.07, 6.45) is 4.58. The number of nitrogen functional groups attached to an aromatic ring is 1. The van der Waals surface area contributed by atoms with Gasteiger partial charge in [-0.2, -0.15) is 9.97 Å². The smallest absolute Gasteiger partial charge is 0.336 e. The first-order valence-electron chi connectivity index (χ1n) is 17.8. The molecule has 1 aliphatic carbocycles. The number of nitrogens with one attached hydrogen (secondary N) is 1. The van der Waals surface area contributed by atoms with Crippen molar-refractivity contribution in [2.75, 3.05) is 36.8 Å². The number of carboxylic acids is 1. The largest absolute Gasteiger partial charge is 0.478 e. The van der Waals surface area contributed by atoms with Gasteiger partial charge < -0.3 is 29.9 Å². The van der Waals surface area contributed by atoms with Crippen molar-refractivity contribution in [3.8, 4) is 28.3 Å². The molecule has 4 N–H and O–H groups in total. The standard InChI is InChI=1S/C41H35N7O5/c42-41-45-38-37(43-23-44-38)39(46-41)52-22-25-5-3-24(4-6-25)7-14-33(49)26-8-11-29(40(50)51)32(19-26)36-30-12-9-27(47-15-1-16-47)20-34(30)53-35-21-28(10-13-31(35)36)48-17-2-18-48/h3-6,8-13,19-21,23H,1-2,7,14-18,22H2,(H3-,42,43,44,45,46,50,51)/p+1. The molecule has 53 heavy (non-hydrogen) atoms. The number of carbonyl (C=O) groups excluding carboxylic acids is 1. The van der Waals surface area contributed by atoms with Gasteiger partial charge in [0.15, 0.2) is 11.4 Å². The third kappa shape index (κ3) is 6.11. The van der Waals surface area contributed by atoms with Gasteiger partial charge in [0.2, 0.25) is 17.2 Å². The number of rotatable bonds is 10. The fourth-order valence-electron chi connectivity index (χ4n) is 7.09. The molecule has 2 fully saturated rings. The second kappa shape index (κ2) is 13.2. The zero-order valence-corrected chi connectivity index (χ0v) is 28.8. The van der Waals surface area contributed by atoms with Crippen LogP contribution in [0.25, 0.3) is 44.6 Å². The van der Waals surface area contributed by atoms with Crippen LogP contribution in [0.5, 0.6) is 5.88 Å². The summed E-state index contributed by atoms with van der Waals surface area (Å²) in [6, 6.07) is 25.0. The Bertz CT molecular complexity index is 2600. The number of anilines is 2. The second-order valence-corrected chi connectivity index (χ2v) is 13.6. The number of ketones is 1. The Morgan fingerprint density at radius 3 is 2.51 bits per heavy atom. The van der Waals surface area contributed by atoms with Crippen LogP contribution in [0.1, 0.15) is 51.1 Å². The maximum absolute atomic E-state index is 13.7. The van der Waals surface area contributed by atoms with Crippen LogP contribution < -0.4 is 25.3 Å². The molecular weight excluding hydrogens is 670 g/mol. The van der Waals surface area contributed by atoms with Crippen molar-refractivity contribution in [1.29, 1.82) is 0 Å². The lowest BCUT2D eigenvalue weighted by Crippen LogP contribution is -2.40. The van der Waals surface area contributed by atoms with Gasteiger partial charge in [-0.1, -0.05) is 30.3 Å². The van der Waals surface area contributed by atoms with E-state index in [1.54, 1.807) is 18.2 Å². The molecule has 12 heteroatoms. The molecule has 264 valence electrons. The number of Topliss-reactive ketones (excluding diaryl/α,β-unsaturated/α-hetero) is 1. The number of fused-ring (bicyclic) bond motifs is 3. The monoisotopic (exact) mass is 706 g/mol. The molecule has 5 aromatic rings. The minimum absolute atomic E-state index is 0.0742. The highest BCUT2D eigenvalue weighted by molar-refractivity contribution is 6.09. The third-order valence-corrected chi connectivity index (χ3v) is 10.3. The summed E-state index contributed by atoms with van der Waals surface area (Å²) < 4.78 is 14.8. The van der Waals surface area contributed by atoms with Gasteiger partial charge in [-0.05, 0) is 59.9 Å². The minimum Gasteiger partial charge on any atom is -0.478 e. The normalized spacial score (nSPS) is 14.0. The van der Waals surface area contributed by atoms with E-state index >= 15 is 0 Å². The van der Waals surface area contributed by atoms with Gasteiger partial charge >= 0.3 is 5.97 Å². The number of nitrogens with two attached hydrogens (primary N) is 1. The van der Waals surface area contributed by atoms with Crippen molar-refractivity contribution in [2.24, 2.45) is 0 Å². The maximum Gasteiger partial charge on any atom is 0.336 e. The number of carboxylic acid groups (broad SMARTS) is 1. The number of aromatic amines is 1. The van der Waals surface area contributed by atoms with Crippen LogP contribution in [0, 0.1) is 0 Å². The van der Waals surface area contributed by atoms with E-state index in [9.17, 15) is 14.7 Å². The Morgan fingerprint density at radius 2 is 1.75 bits per heavy atom. The van der Waals surface area contributed by atoms with Crippen molar-refractivity contribution >= 4 is 45.5 Å². The number of aromatic carboxylic acids is 1. The van der Waals surface area contributed by atoms with Crippen molar-refractivity contribution in [3.05, 3.63) is 113 Å². The number of hydrogen-bond acceptors (Lipinski definition) is 9. The van der Waals surface area contributed by atoms with E-state index < -0.39 is 5.97 Å². The Kier molecular flexibility index (Phi) is 8.06. The lowest BCUT2D eigenvalue weighted by molar-refractivity contribution is 0.0697. The maximum atomic E-state index is 13.7. The molecule has 0 spiro atoms. The number of carbonyl (C=O) groups is 2. The van der Waals surface area contributed by atoms with E-state index in [-0.39, 0.29) is 30.3 Å². The molecule has 0 radical (unpaired) electrons. The summed E-state index contributed by atoms with van der Waals surface area (Å²) in [4.78, 5) is 44.1. The average Bonchev–Trinajstić information content (AvgIpc) is 3.59. The molecule has 0 unspecified atom stereocenters. The first-order chi connectivity index (χ1) is 25.9. The third-order valence-electron chi connectivity index (χ3n) is 10.3. The predicted molar refractivity (Wildman–Crippen MR) is 201 cm³/mol. The zero-order valence-electron chi connectivity index (χ0n) is 28.8. The number of imidazole rings is 1. The molecule has 9 rings (SSSR count). The van der Waals surface area contributed by atoms with Gasteiger partial charge in [-0.3, -0.25) is 4.79 Å². The Labute approximate surface area is 303 Å². The van der Waals surface area contributed by atoms with Crippen molar-refractivity contribution in [2.45, 2.75) is 32.3 Å². The van der Waals surface area contributed by atoms with Gasteiger partial charge in [0.25, 0.3) is 0 Å². The molecule has 2 aromatic heterocycles. The summed E-state index contributed by atoms with van der Waals surface area (Å²) in [5.74, 6) is -0.0497. The van der Waals surface area contributed by atoms with E-state index in [0.717, 1.165) is 77.7 Å². The fourth-order valence-corrected chi connectivity index (χ4v) is 7.09. The highest BCUT2D eigenvalue weighted by Crippen LogP contribution is 2.43. The SMILES string of the molecule is Nc1nc(OCc2ccc(CCC(=O)c3ccc(C(=O)O)c(-c4c5ccc(=[N+]6CCC6)cc-5oc5cc(N6CCC6)ccc45)c3)cc2)c2[nH]cnc2n1. The topological polar surface area (TPSA) is 163 Å². The van der Waals surface area contributed by atoms with Crippen LogP contribution in [0.15, 0.2) is 89.6 Å². The molecule has 12 nitrogen and oxygen atoms in total. The summed E-state index contributed by atoms with van der Waals surface area (Å²) in [5.41, 5.74) is 13.1. The van der Waals surface area contributed by atoms with Crippen LogP contribution in [-0.4, -0.2) is 63.0 Å². The first kappa shape index (κ1) is 32.4. The fraction of sp³-hybridized carbons (Fsp3) is 0.220. The molecule has 0 atom stereocenters. The number of ether oxygens (including phenoxy) is 1. The summed E-state index contributed by atoms with van der Waals surface area (Å²) in [5, 5.41) is 12.3. The average molecular weight is 707 g/mol. The number of hydrogen-bond donors (Lipinski definition) is 3. The van der Waals surface area contributed by atoms with Crippen LogP contribution in [0.4, 0.5) is 11.6 Å². The van der Waals surface area contributed by atoms with E-state index in [2.05, 4.69) is 41.5 Å². The summed E-state index contributed by atoms with van der Waals surface area (Å²) >= 11 is 0. The van der Waals surface area contributed by atoms with Crippen LogP contribution in [-0.2, 0) is 13.0 Å². The number of H-pyrrole nitrogens is 1. The molecular formula is C41H36N7O5+. The Balaban J connectivity index is 1.00. The van der Waals surface area contributed by atoms with Gasteiger partial charge in [-0.25, -0.2) is 14.4 Å². The lowest BCUT2D eigenvalue weighted by atomic mass is 9.88. The van der Waals surface area contributed by atoms with Gasteiger partial charge in [0.1, 0.15) is 36.6 Å². The van der Waals surface area contributed by atoms with E-state index in [1.165, 1.54) is 6.33 Å². The highest BCUT2D eigenvalue weighted by atomic mass is 16.5. The number of benzene rings is 4. The van der Waals surface area contributed by atoms with E-state index in [4.69, 9.17) is 14.9 Å². The van der Waals surface area contributed by atoms with Crippen LogP contribution >= 0.6 is 0 Å². The Hall–Kier alpha value is -6.56. The van der Waals surface area contributed by atoms with E-state index in [0.29, 0.717) is 45.9 Å². The number of aromatic nitrogens is 4. The molecule has 3 aromatic carbocycles. The quantitative estimate of drug-likeness (QED) is 0.0882. The predicted octanol–water partition coefficient (Wildman–Crippen LogP) is 5.93. The summed E-state index contributed by atoms with van der Waals surface area (Å²) in [6.45, 7) is 4.23. The van der Waals surface area contributed by atoms with Crippen LogP contribution in [0.2, 0.25) is 0 Å². The molecule has 4 aliphatic rings. The van der Waals surface area contributed by atoms with Crippen LogP contribution in [0.3, 0.4) is 0 Å². The van der Waals surface area contributed by atoms with E-state index in [1.807, 2.05) is 48.5 Å². The first-order valence-corrected chi connectivity index (χ1v) is 17.8. The number of aryl methyl sites for hydroxylation is 1. The van der Waals surface area contributed by atoms with Crippen molar-refractivity contribution < 1.29 is 23.8 Å². The molecule has 0 saturated carbocycles. The molecule has 2 saturated heterocycles. The molecule has 5 heterocycles. The highest BCUT2D eigenvalue weighted by Gasteiger charge is 2.26. The Morgan fingerprint density at radius 1 is 0.925 bits per heavy atom. The van der Waals surface area contributed by atoms with Crippen molar-refractivity contribution in [3.63, 3.8) is 0 Å². The molecule has 0 bridgehead atoms. The molecule has 0 amide bonds. The van der Waals surface area contributed by atoms with Gasteiger partial charge in [-0.15, -0.1) is 0 Å². The second-order valence-electron chi connectivity index (χ2n) is 13.6. The van der Waals surface area contributed by atoms with Gasteiger partial charge in [0, 0.05) is 59.4 Å². The van der Waals surface area contributed by atoms with Gasteiger partial charge in [0.05, 0.1) is 24.4 Å². The van der Waals surface area contributed by atoms with Crippen molar-refractivity contribution in [1.82, 2.24) is 24.5 Å². The lowest BCUT2D eigenvalue weighted by Gasteiger charge is -2.33. The number of nitrogens with zero attached hydrogens (tertiary/aromatic N) is 5.